The largest absolute Gasteiger partial charge is 0.497 e. The van der Waals surface area contributed by atoms with Crippen LogP contribution >= 0.6 is 7.75 Å². The third kappa shape index (κ3) is 11.0. The zero-order valence-corrected chi connectivity index (χ0v) is 40.5. The summed E-state index contributed by atoms with van der Waals surface area (Å²) >= 11 is 0. The fraction of sp³-hybridized carbons (Fsp3) is 0.373. The fourth-order valence-corrected chi connectivity index (χ4v) is 11.1. The first kappa shape index (κ1) is 49.7. The third-order valence-corrected chi connectivity index (χ3v) is 15.0. The van der Waals surface area contributed by atoms with Gasteiger partial charge in [0, 0.05) is 43.9 Å². The number of benzene rings is 4. The van der Waals surface area contributed by atoms with Gasteiger partial charge >= 0.3 is 19.1 Å². The number of rotatable bonds is 19. The number of ether oxygens (including phenoxy) is 7. The lowest BCUT2D eigenvalue weighted by Crippen LogP contribution is -2.40. The highest BCUT2D eigenvalue weighted by molar-refractivity contribution is 7.51. The standard InChI is InChI=1S/C51H57N6O13P/c1-34-30-57(50(60)54-48(34)58)47-29-42(43(68-47)32-66-51(36-12-8-5-9-13-36,37-14-18-39(62-2)19-15-37)38-16-20-40(63-3)21-17-38)70-71(61,55-24-26-64-27-25-55)67-33-44-41(65-31-35-10-6-4-7-11-35)28-46(69-44)56-23-22-45(52)53-49(56)59/h4-23,30,41-44,46-47H,24-29,31-33H2,1-3H3,(H2,52,53,59)(H,54,58,60)/t41-,42-,43+,44+,46+,47+,71?/m0/s1. The number of H-pyrrole nitrogens is 1. The molecule has 3 aliphatic heterocycles. The van der Waals surface area contributed by atoms with Crippen LogP contribution in [0.25, 0.3) is 0 Å². The number of aromatic nitrogens is 4. The average Bonchev–Trinajstić information content (AvgIpc) is 4.00. The first-order chi connectivity index (χ1) is 34.5. The molecular weight excluding hydrogens is 936 g/mol. The Morgan fingerprint density at radius 3 is 1.94 bits per heavy atom. The molecule has 0 amide bonds. The van der Waals surface area contributed by atoms with Crippen LogP contribution in [0.3, 0.4) is 0 Å². The number of hydrogen-bond donors (Lipinski definition) is 2. The lowest BCUT2D eigenvalue weighted by molar-refractivity contribution is -0.0959. The Bertz CT molecular complexity index is 2900. The van der Waals surface area contributed by atoms with Crippen molar-refractivity contribution >= 4 is 13.6 Å². The van der Waals surface area contributed by atoms with Crippen LogP contribution < -0.4 is 32.1 Å². The van der Waals surface area contributed by atoms with Crippen molar-refractivity contribution in [1.29, 1.82) is 0 Å². The molecule has 0 spiro atoms. The van der Waals surface area contributed by atoms with Gasteiger partial charge in [0.05, 0.1) is 53.4 Å². The van der Waals surface area contributed by atoms with Gasteiger partial charge in [-0.3, -0.25) is 28.0 Å². The van der Waals surface area contributed by atoms with Crippen molar-refractivity contribution in [2.45, 2.75) is 68.8 Å². The van der Waals surface area contributed by atoms with Crippen LogP contribution in [0.15, 0.2) is 142 Å². The summed E-state index contributed by atoms with van der Waals surface area (Å²) in [5.41, 5.74) is 6.20. The van der Waals surface area contributed by atoms with Crippen molar-refractivity contribution in [2.24, 2.45) is 0 Å². The number of nitrogens with one attached hydrogen (secondary N) is 1. The SMILES string of the molecule is COc1ccc(C(OC[C@H]2O[C@@H](n3cc(C)c(=O)[nH]c3=O)C[C@@H]2OP(=O)(OC[C@H]2O[C@@H](n3ccc(N)nc3=O)C[C@@H]2OCc2ccccc2)N2CCOCC2)(c2ccccc2)c2ccc(OC)cc2)cc1. The summed E-state index contributed by atoms with van der Waals surface area (Å²) in [6.07, 6.45) is -2.10. The first-order valence-corrected chi connectivity index (χ1v) is 24.8. The van der Waals surface area contributed by atoms with Gasteiger partial charge in [0.1, 0.15) is 53.7 Å². The van der Waals surface area contributed by atoms with E-state index in [-0.39, 0.29) is 70.3 Å². The normalized spacial score (nSPS) is 22.5. The summed E-state index contributed by atoms with van der Waals surface area (Å²) in [7, 11) is -1.14. The van der Waals surface area contributed by atoms with E-state index in [1.807, 2.05) is 109 Å². The van der Waals surface area contributed by atoms with Crippen LogP contribution in [0.2, 0.25) is 0 Å². The Morgan fingerprint density at radius 2 is 1.32 bits per heavy atom. The molecule has 0 aliphatic carbocycles. The Labute approximate surface area is 409 Å². The number of nitrogens with zero attached hydrogens (tertiary/aromatic N) is 4. The minimum Gasteiger partial charge on any atom is -0.497 e. The van der Waals surface area contributed by atoms with Crippen molar-refractivity contribution < 1.29 is 46.8 Å². The molecule has 2 aromatic heterocycles. The molecule has 3 fully saturated rings. The molecule has 9 rings (SSSR count). The highest BCUT2D eigenvalue weighted by Crippen LogP contribution is 2.56. The van der Waals surface area contributed by atoms with Gasteiger partial charge in [-0.05, 0) is 59.5 Å². The van der Waals surface area contributed by atoms with Crippen LogP contribution in [-0.2, 0) is 49.5 Å². The summed E-state index contributed by atoms with van der Waals surface area (Å²) in [5.74, 6) is 1.36. The zero-order chi connectivity index (χ0) is 49.5. The van der Waals surface area contributed by atoms with Gasteiger partial charge in [-0.15, -0.1) is 0 Å². The molecule has 0 radical (unpaired) electrons. The molecule has 4 aromatic carbocycles. The number of aromatic amines is 1. The van der Waals surface area contributed by atoms with Gasteiger partial charge in [0.2, 0.25) is 0 Å². The van der Waals surface area contributed by atoms with E-state index in [2.05, 4.69) is 9.97 Å². The van der Waals surface area contributed by atoms with E-state index >= 15 is 4.57 Å². The molecule has 1 unspecified atom stereocenters. The number of nitrogens with two attached hydrogens (primary N) is 1. The van der Waals surface area contributed by atoms with Gasteiger partial charge in [0.15, 0.2) is 0 Å². The van der Waals surface area contributed by atoms with E-state index < -0.39 is 67.2 Å². The van der Waals surface area contributed by atoms with Gasteiger partial charge in [0.25, 0.3) is 5.56 Å². The van der Waals surface area contributed by atoms with Crippen LogP contribution in [0.4, 0.5) is 5.82 Å². The van der Waals surface area contributed by atoms with E-state index in [1.54, 1.807) is 25.8 Å². The number of methoxy groups -OCH3 is 2. The summed E-state index contributed by atoms with van der Waals surface area (Å²) in [4.78, 5) is 45.3. The number of anilines is 1. The quantitative estimate of drug-likeness (QED) is 0.0733. The molecule has 3 saturated heterocycles. The summed E-state index contributed by atoms with van der Waals surface area (Å²) in [5, 5.41) is 0. The zero-order valence-electron chi connectivity index (χ0n) is 39.6. The molecule has 19 nitrogen and oxygen atoms in total. The molecule has 3 aliphatic rings. The molecule has 3 N–H and O–H groups in total. The maximum atomic E-state index is 15.8. The van der Waals surface area contributed by atoms with Crippen molar-refractivity contribution in [3.8, 4) is 11.5 Å². The Morgan fingerprint density at radius 1 is 0.746 bits per heavy atom. The van der Waals surface area contributed by atoms with Gasteiger partial charge in [-0.1, -0.05) is 84.9 Å². The number of hydrogen-bond acceptors (Lipinski definition) is 15. The lowest BCUT2D eigenvalue weighted by atomic mass is 9.80. The molecule has 7 atom stereocenters. The monoisotopic (exact) mass is 992 g/mol. The fourth-order valence-electron chi connectivity index (χ4n) is 9.15. The van der Waals surface area contributed by atoms with Crippen LogP contribution in [0.1, 0.15) is 53.1 Å². The van der Waals surface area contributed by atoms with Crippen molar-refractivity contribution in [3.05, 3.63) is 187 Å². The van der Waals surface area contributed by atoms with Crippen LogP contribution in [-0.4, -0.2) is 102 Å². The predicted octanol–water partition coefficient (Wildman–Crippen LogP) is 5.71. The van der Waals surface area contributed by atoms with Crippen LogP contribution in [0.5, 0.6) is 11.5 Å². The molecule has 6 aromatic rings. The number of aryl methyl sites for hydroxylation is 1. The second-order valence-electron chi connectivity index (χ2n) is 17.4. The molecule has 5 heterocycles. The maximum absolute atomic E-state index is 15.8. The smallest absolute Gasteiger partial charge is 0.408 e. The van der Waals surface area contributed by atoms with Crippen molar-refractivity contribution in [1.82, 2.24) is 23.8 Å². The first-order valence-electron chi connectivity index (χ1n) is 23.3. The highest BCUT2D eigenvalue weighted by Gasteiger charge is 2.49. The highest BCUT2D eigenvalue weighted by atomic mass is 31.2. The lowest BCUT2D eigenvalue weighted by Gasteiger charge is -2.38. The second kappa shape index (κ2) is 22.0. The van der Waals surface area contributed by atoms with E-state index in [0.29, 0.717) is 11.5 Å². The van der Waals surface area contributed by atoms with E-state index in [1.165, 1.54) is 27.6 Å². The second-order valence-corrected chi connectivity index (χ2v) is 19.3. The van der Waals surface area contributed by atoms with Crippen LogP contribution in [0, 0.1) is 6.92 Å². The van der Waals surface area contributed by atoms with E-state index in [9.17, 15) is 14.4 Å². The molecule has 71 heavy (non-hydrogen) atoms. The molecule has 0 bridgehead atoms. The Hall–Kier alpha value is -6.25. The summed E-state index contributed by atoms with van der Waals surface area (Å²) in [6, 6.07) is 35.9. The number of morpholine rings is 1. The molecular formula is C51H57N6O13P. The number of nitrogen functional groups attached to an aromatic ring is 1. The minimum atomic E-state index is -4.34. The Balaban J connectivity index is 1.06. The summed E-state index contributed by atoms with van der Waals surface area (Å²) < 4.78 is 77.0. The molecule has 374 valence electrons. The average molecular weight is 993 g/mol. The van der Waals surface area contributed by atoms with Gasteiger partial charge < -0.3 is 38.9 Å². The van der Waals surface area contributed by atoms with Gasteiger partial charge in [-0.2, -0.15) is 4.98 Å². The van der Waals surface area contributed by atoms with Gasteiger partial charge in [-0.25, -0.2) is 18.8 Å². The molecule has 0 saturated carbocycles. The van der Waals surface area contributed by atoms with E-state index in [0.717, 1.165) is 22.3 Å². The maximum Gasteiger partial charge on any atom is 0.408 e. The van der Waals surface area contributed by atoms with Crippen molar-refractivity contribution in [3.63, 3.8) is 0 Å². The predicted molar refractivity (Wildman–Crippen MR) is 260 cm³/mol. The Kier molecular flexibility index (Phi) is 15.4. The summed E-state index contributed by atoms with van der Waals surface area (Å²) in [6.45, 7) is 2.29. The molecule has 20 heteroatoms. The van der Waals surface area contributed by atoms with E-state index in [4.69, 9.17) is 47.9 Å². The topological polar surface area (TPSA) is 219 Å². The minimum absolute atomic E-state index is 0.00160. The third-order valence-electron chi connectivity index (χ3n) is 12.9. The van der Waals surface area contributed by atoms with Crippen molar-refractivity contribution in [2.75, 3.05) is 59.5 Å².